The van der Waals surface area contributed by atoms with Crippen molar-refractivity contribution >= 4 is 17.3 Å². The molecule has 2 aromatic carbocycles. The lowest BCUT2D eigenvalue weighted by molar-refractivity contribution is 0.475. The van der Waals surface area contributed by atoms with Crippen LogP contribution in [0.25, 0.3) is 0 Å². The molecule has 0 saturated carbocycles. The molecule has 1 heterocycles. The summed E-state index contributed by atoms with van der Waals surface area (Å²) in [6, 6.07) is 13.5. The molecule has 2 N–H and O–H groups in total. The summed E-state index contributed by atoms with van der Waals surface area (Å²) < 4.78 is 0. The minimum Gasteiger partial charge on any atom is -0.508 e. The van der Waals surface area contributed by atoms with Gasteiger partial charge in [-0.1, -0.05) is 29.8 Å². The Morgan fingerprint density at radius 1 is 1.18 bits per heavy atom. The van der Waals surface area contributed by atoms with Gasteiger partial charge in [0, 0.05) is 10.7 Å². The normalized spacial score (nSPS) is 17.6. The second-order valence-corrected chi connectivity index (χ2v) is 4.67. The molecule has 1 unspecified atom stereocenters. The number of rotatable bonds is 1. The van der Waals surface area contributed by atoms with E-state index in [-0.39, 0.29) is 6.04 Å². The molecule has 1 aliphatic heterocycles. The van der Waals surface area contributed by atoms with Gasteiger partial charge in [-0.05, 0) is 41.8 Å². The Morgan fingerprint density at radius 3 is 2.82 bits per heavy atom. The van der Waals surface area contributed by atoms with Gasteiger partial charge in [-0.15, -0.1) is 0 Å². The number of phenolic OH excluding ortho intramolecular Hbond substituents is 1. The van der Waals surface area contributed by atoms with E-state index in [2.05, 4.69) is 5.32 Å². The van der Waals surface area contributed by atoms with E-state index in [1.807, 2.05) is 30.3 Å². The molecule has 2 nitrogen and oxygen atoms in total. The fourth-order valence-corrected chi connectivity index (χ4v) is 2.56. The summed E-state index contributed by atoms with van der Waals surface area (Å²) in [5.74, 6) is 0.311. The van der Waals surface area contributed by atoms with Crippen molar-refractivity contribution in [3.63, 3.8) is 0 Å². The standard InChI is InChI=1S/C14H12ClNO/c15-12-4-2-1-3-11(12)14-8-9-7-10(17)5-6-13(9)16-14/h1-7,14,16-17H,8H2. The molecule has 0 bridgehead atoms. The number of hydrogen-bond acceptors (Lipinski definition) is 2. The second-order valence-electron chi connectivity index (χ2n) is 4.26. The predicted octanol–water partition coefficient (Wildman–Crippen LogP) is 3.75. The zero-order valence-corrected chi connectivity index (χ0v) is 9.91. The van der Waals surface area contributed by atoms with Gasteiger partial charge in [0.15, 0.2) is 0 Å². The lowest BCUT2D eigenvalue weighted by Gasteiger charge is -2.13. The highest BCUT2D eigenvalue weighted by Gasteiger charge is 2.23. The topological polar surface area (TPSA) is 32.3 Å². The van der Waals surface area contributed by atoms with Crippen molar-refractivity contribution < 1.29 is 5.11 Å². The number of aromatic hydroxyl groups is 1. The summed E-state index contributed by atoms with van der Waals surface area (Å²) in [7, 11) is 0. The van der Waals surface area contributed by atoms with Gasteiger partial charge in [0.1, 0.15) is 5.75 Å². The van der Waals surface area contributed by atoms with Crippen LogP contribution in [0.4, 0.5) is 5.69 Å². The fourth-order valence-electron chi connectivity index (χ4n) is 2.29. The molecule has 2 aromatic rings. The number of nitrogens with one attached hydrogen (secondary N) is 1. The molecule has 17 heavy (non-hydrogen) atoms. The first-order valence-electron chi connectivity index (χ1n) is 5.57. The highest BCUT2D eigenvalue weighted by atomic mass is 35.5. The number of phenols is 1. The number of halogens is 1. The molecular formula is C14H12ClNO. The van der Waals surface area contributed by atoms with Crippen LogP contribution >= 0.6 is 11.6 Å². The van der Waals surface area contributed by atoms with Crippen molar-refractivity contribution in [1.82, 2.24) is 0 Å². The lowest BCUT2D eigenvalue weighted by atomic mass is 10.0. The van der Waals surface area contributed by atoms with Crippen LogP contribution in [-0.2, 0) is 6.42 Å². The van der Waals surface area contributed by atoms with Gasteiger partial charge in [0.2, 0.25) is 0 Å². The van der Waals surface area contributed by atoms with E-state index in [0.717, 1.165) is 28.3 Å². The van der Waals surface area contributed by atoms with Crippen LogP contribution < -0.4 is 5.32 Å². The third-order valence-electron chi connectivity index (χ3n) is 3.12. The van der Waals surface area contributed by atoms with Gasteiger partial charge in [0.05, 0.1) is 6.04 Å². The van der Waals surface area contributed by atoms with E-state index in [0.29, 0.717) is 5.75 Å². The Balaban J connectivity index is 1.94. The second kappa shape index (κ2) is 3.97. The van der Waals surface area contributed by atoms with Crippen LogP contribution in [0, 0.1) is 0 Å². The highest BCUT2D eigenvalue weighted by molar-refractivity contribution is 6.31. The summed E-state index contributed by atoms with van der Waals surface area (Å²) in [5, 5.41) is 13.7. The Labute approximate surface area is 105 Å². The van der Waals surface area contributed by atoms with Crippen molar-refractivity contribution in [3.05, 3.63) is 58.6 Å². The number of hydrogen-bond donors (Lipinski definition) is 2. The summed E-state index contributed by atoms with van der Waals surface area (Å²) in [6.07, 6.45) is 0.855. The Morgan fingerprint density at radius 2 is 2.00 bits per heavy atom. The molecule has 0 fully saturated rings. The maximum absolute atomic E-state index is 9.45. The summed E-state index contributed by atoms with van der Waals surface area (Å²) in [4.78, 5) is 0. The third kappa shape index (κ3) is 1.85. The number of fused-ring (bicyclic) bond motifs is 1. The summed E-state index contributed by atoms with van der Waals surface area (Å²) in [5.41, 5.74) is 3.31. The van der Waals surface area contributed by atoms with E-state index < -0.39 is 0 Å². The van der Waals surface area contributed by atoms with E-state index >= 15 is 0 Å². The molecule has 3 rings (SSSR count). The highest BCUT2D eigenvalue weighted by Crippen LogP contribution is 2.37. The zero-order valence-electron chi connectivity index (χ0n) is 9.15. The Bertz CT molecular complexity index is 568. The minimum atomic E-state index is 0.195. The van der Waals surface area contributed by atoms with Gasteiger partial charge >= 0.3 is 0 Å². The molecule has 0 aliphatic carbocycles. The predicted molar refractivity (Wildman–Crippen MR) is 69.6 cm³/mol. The average Bonchev–Trinajstić information content (AvgIpc) is 2.72. The lowest BCUT2D eigenvalue weighted by Crippen LogP contribution is -2.05. The summed E-state index contributed by atoms with van der Waals surface area (Å²) >= 11 is 6.19. The maximum atomic E-state index is 9.45. The van der Waals surface area contributed by atoms with Crippen molar-refractivity contribution in [2.75, 3.05) is 5.32 Å². The van der Waals surface area contributed by atoms with Gasteiger partial charge in [-0.3, -0.25) is 0 Å². The van der Waals surface area contributed by atoms with E-state index in [1.54, 1.807) is 12.1 Å². The van der Waals surface area contributed by atoms with Crippen molar-refractivity contribution in [2.45, 2.75) is 12.5 Å². The minimum absolute atomic E-state index is 0.195. The van der Waals surface area contributed by atoms with Crippen molar-refractivity contribution in [3.8, 4) is 5.75 Å². The smallest absolute Gasteiger partial charge is 0.116 e. The SMILES string of the molecule is Oc1ccc2c(c1)CC(c1ccccc1Cl)N2. The maximum Gasteiger partial charge on any atom is 0.116 e. The first kappa shape index (κ1) is 10.5. The first-order valence-corrected chi connectivity index (χ1v) is 5.95. The largest absolute Gasteiger partial charge is 0.508 e. The first-order chi connectivity index (χ1) is 8.24. The molecule has 3 heteroatoms. The molecule has 0 saturated heterocycles. The van der Waals surface area contributed by atoms with Gasteiger partial charge in [0.25, 0.3) is 0 Å². The monoisotopic (exact) mass is 245 g/mol. The molecule has 1 atom stereocenters. The molecular weight excluding hydrogens is 234 g/mol. The zero-order chi connectivity index (χ0) is 11.8. The summed E-state index contributed by atoms with van der Waals surface area (Å²) in [6.45, 7) is 0. The van der Waals surface area contributed by atoms with E-state index in [9.17, 15) is 5.11 Å². The molecule has 0 radical (unpaired) electrons. The van der Waals surface area contributed by atoms with Gasteiger partial charge in [-0.2, -0.15) is 0 Å². The van der Waals surface area contributed by atoms with Crippen molar-refractivity contribution in [2.24, 2.45) is 0 Å². The van der Waals surface area contributed by atoms with Crippen molar-refractivity contribution in [1.29, 1.82) is 0 Å². The van der Waals surface area contributed by atoms with E-state index in [4.69, 9.17) is 11.6 Å². The Kier molecular flexibility index (Phi) is 2.45. The van der Waals surface area contributed by atoms with Crippen LogP contribution in [-0.4, -0.2) is 5.11 Å². The van der Waals surface area contributed by atoms with Gasteiger partial charge < -0.3 is 10.4 Å². The van der Waals surface area contributed by atoms with Crippen LogP contribution in [0.2, 0.25) is 5.02 Å². The molecule has 0 aromatic heterocycles. The Hall–Kier alpha value is -1.67. The third-order valence-corrected chi connectivity index (χ3v) is 3.47. The molecule has 86 valence electrons. The average molecular weight is 246 g/mol. The molecule has 0 spiro atoms. The van der Waals surface area contributed by atoms with Crippen LogP contribution in [0.15, 0.2) is 42.5 Å². The fraction of sp³-hybridized carbons (Fsp3) is 0.143. The molecule has 1 aliphatic rings. The quantitative estimate of drug-likeness (QED) is 0.750. The van der Waals surface area contributed by atoms with Crippen LogP contribution in [0.1, 0.15) is 17.2 Å². The number of anilines is 1. The molecule has 0 amide bonds. The number of benzene rings is 2. The van der Waals surface area contributed by atoms with Crippen LogP contribution in [0.3, 0.4) is 0 Å². The van der Waals surface area contributed by atoms with Gasteiger partial charge in [-0.25, -0.2) is 0 Å². The van der Waals surface area contributed by atoms with Crippen LogP contribution in [0.5, 0.6) is 5.75 Å². The van der Waals surface area contributed by atoms with E-state index in [1.165, 1.54) is 0 Å².